The van der Waals surface area contributed by atoms with E-state index in [4.69, 9.17) is 9.26 Å². The molecular formula is C20H20N2O3. The molecule has 0 aliphatic heterocycles. The second-order valence-corrected chi connectivity index (χ2v) is 5.91. The maximum atomic E-state index is 12.6. The third kappa shape index (κ3) is 3.88. The number of nitrogens with zero attached hydrogens (tertiary/aromatic N) is 1. The Kier molecular flexibility index (Phi) is 4.84. The van der Waals surface area contributed by atoms with E-state index in [0.29, 0.717) is 17.9 Å². The van der Waals surface area contributed by atoms with Crippen molar-refractivity contribution in [2.75, 3.05) is 5.32 Å². The molecule has 25 heavy (non-hydrogen) atoms. The number of aromatic nitrogens is 1. The highest BCUT2D eigenvalue weighted by Gasteiger charge is 2.15. The number of aryl methyl sites for hydroxylation is 3. The minimum atomic E-state index is -0.208. The van der Waals surface area contributed by atoms with E-state index in [1.165, 1.54) is 0 Å². The first-order valence-electron chi connectivity index (χ1n) is 8.06. The molecule has 0 saturated carbocycles. The fraction of sp³-hybridized carbons (Fsp3) is 0.200. The highest BCUT2D eigenvalue weighted by Crippen LogP contribution is 2.24. The fourth-order valence-electron chi connectivity index (χ4n) is 2.51. The number of hydrogen-bond acceptors (Lipinski definition) is 4. The van der Waals surface area contributed by atoms with Crippen molar-refractivity contribution >= 4 is 11.6 Å². The Labute approximate surface area is 146 Å². The molecule has 0 spiro atoms. The lowest BCUT2D eigenvalue weighted by Gasteiger charge is -2.13. The van der Waals surface area contributed by atoms with Gasteiger partial charge in [-0.2, -0.15) is 0 Å². The molecule has 5 heteroatoms. The van der Waals surface area contributed by atoms with Crippen molar-refractivity contribution in [3.8, 4) is 5.75 Å². The van der Waals surface area contributed by atoms with Crippen LogP contribution in [-0.2, 0) is 6.61 Å². The van der Waals surface area contributed by atoms with Crippen molar-refractivity contribution in [1.29, 1.82) is 0 Å². The molecule has 3 aromatic rings. The zero-order valence-electron chi connectivity index (χ0n) is 14.5. The summed E-state index contributed by atoms with van der Waals surface area (Å²) in [5.41, 5.74) is 3.94. The summed E-state index contributed by atoms with van der Waals surface area (Å²) < 4.78 is 11.1. The van der Waals surface area contributed by atoms with Crippen LogP contribution in [0.15, 0.2) is 53.1 Å². The van der Waals surface area contributed by atoms with Gasteiger partial charge in [-0.05, 0) is 50.6 Å². The van der Waals surface area contributed by atoms with Crippen LogP contribution in [-0.4, -0.2) is 11.1 Å². The van der Waals surface area contributed by atoms with Crippen molar-refractivity contribution in [2.24, 2.45) is 0 Å². The molecule has 2 aromatic carbocycles. The zero-order chi connectivity index (χ0) is 17.8. The Morgan fingerprint density at radius 3 is 2.56 bits per heavy atom. The standard InChI is InChI=1S/C20H20N2O3/c1-13-9-10-17(20(23)21-16-7-5-4-6-8-16)19(11-13)24-12-18-14(2)22-25-15(18)3/h4-11H,12H2,1-3H3,(H,21,23). The SMILES string of the molecule is Cc1ccc(C(=O)Nc2ccccc2)c(OCc2c(C)noc2C)c1. The summed E-state index contributed by atoms with van der Waals surface area (Å²) in [6, 6.07) is 14.9. The van der Waals surface area contributed by atoms with Crippen LogP contribution in [0.4, 0.5) is 5.69 Å². The van der Waals surface area contributed by atoms with Crippen molar-refractivity contribution in [2.45, 2.75) is 27.4 Å². The van der Waals surface area contributed by atoms with Gasteiger partial charge < -0.3 is 14.6 Å². The molecule has 0 atom stereocenters. The van der Waals surface area contributed by atoms with Gasteiger partial charge in [-0.15, -0.1) is 0 Å². The Hall–Kier alpha value is -3.08. The maximum Gasteiger partial charge on any atom is 0.259 e. The number of hydrogen-bond donors (Lipinski definition) is 1. The molecule has 1 amide bonds. The summed E-state index contributed by atoms with van der Waals surface area (Å²) in [6.07, 6.45) is 0. The summed E-state index contributed by atoms with van der Waals surface area (Å²) in [7, 11) is 0. The smallest absolute Gasteiger partial charge is 0.259 e. The van der Waals surface area contributed by atoms with E-state index in [2.05, 4.69) is 10.5 Å². The predicted octanol–water partition coefficient (Wildman–Crippen LogP) is 4.43. The number of carbonyl (C=O) groups excluding carboxylic acids is 1. The van der Waals surface area contributed by atoms with Gasteiger partial charge in [-0.1, -0.05) is 29.4 Å². The lowest BCUT2D eigenvalue weighted by molar-refractivity contribution is 0.102. The van der Waals surface area contributed by atoms with E-state index in [9.17, 15) is 4.79 Å². The molecule has 0 saturated heterocycles. The molecule has 5 nitrogen and oxygen atoms in total. The van der Waals surface area contributed by atoms with Crippen LogP contribution < -0.4 is 10.1 Å². The number of carbonyl (C=O) groups is 1. The van der Waals surface area contributed by atoms with Gasteiger partial charge in [0.25, 0.3) is 5.91 Å². The Balaban J connectivity index is 1.81. The van der Waals surface area contributed by atoms with E-state index in [1.54, 1.807) is 6.07 Å². The monoisotopic (exact) mass is 336 g/mol. The first-order valence-corrected chi connectivity index (χ1v) is 8.06. The Morgan fingerprint density at radius 1 is 1.12 bits per heavy atom. The van der Waals surface area contributed by atoms with E-state index < -0.39 is 0 Å². The van der Waals surface area contributed by atoms with Gasteiger partial charge in [0.2, 0.25) is 0 Å². The van der Waals surface area contributed by atoms with Crippen LogP contribution in [0.2, 0.25) is 0 Å². The Bertz CT molecular complexity index is 866. The molecule has 0 aliphatic carbocycles. The Morgan fingerprint density at radius 2 is 1.88 bits per heavy atom. The molecule has 1 aromatic heterocycles. The van der Waals surface area contributed by atoms with Gasteiger partial charge in [-0.25, -0.2) is 0 Å². The van der Waals surface area contributed by atoms with Crippen molar-refractivity contribution in [1.82, 2.24) is 5.16 Å². The third-order valence-electron chi connectivity index (χ3n) is 3.97. The summed E-state index contributed by atoms with van der Waals surface area (Å²) in [6.45, 7) is 5.98. The fourth-order valence-corrected chi connectivity index (χ4v) is 2.51. The minimum Gasteiger partial charge on any atom is -0.488 e. The number of benzene rings is 2. The van der Waals surface area contributed by atoms with Gasteiger partial charge in [0.05, 0.1) is 16.8 Å². The van der Waals surface area contributed by atoms with Crippen LogP contribution in [0.3, 0.4) is 0 Å². The molecule has 0 radical (unpaired) electrons. The number of anilines is 1. The van der Waals surface area contributed by atoms with Gasteiger partial charge in [0, 0.05) is 5.69 Å². The van der Waals surface area contributed by atoms with Crippen LogP contribution in [0.25, 0.3) is 0 Å². The summed E-state index contributed by atoms with van der Waals surface area (Å²) in [5.74, 6) is 1.05. The van der Waals surface area contributed by atoms with Gasteiger partial charge >= 0.3 is 0 Å². The summed E-state index contributed by atoms with van der Waals surface area (Å²) >= 11 is 0. The van der Waals surface area contributed by atoms with Crippen LogP contribution in [0, 0.1) is 20.8 Å². The highest BCUT2D eigenvalue weighted by atomic mass is 16.5. The van der Waals surface area contributed by atoms with E-state index in [0.717, 1.165) is 28.3 Å². The number of para-hydroxylation sites is 1. The molecule has 0 unspecified atom stereocenters. The predicted molar refractivity (Wildman–Crippen MR) is 95.9 cm³/mol. The lowest BCUT2D eigenvalue weighted by Crippen LogP contribution is -2.14. The summed E-state index contributed by atoms with van der Waals surface area (Å²) in [4.78, 5) is 12.6. The molecule has 1 heterocycles. The first-order chi connectivity index (χ1) is 12.0. The topological polar surface area (TPSA) is 64.4 Å². The quantitative estimate of drug-likeness (QED) is 0.748. The lowest BCUT2D eigenvalue weighted by atomic mass is 10.1. The number of nitrogens with one attached hydrogen (secondary N) is 1. The van der Waals surface area contributed by atoms with E-state index in [1.807, 2.05) is 63.2 Å². The summed E-state index contributed by atoms with van der Waals surface area (Å²) in [5, 5.41) is 6.81. The average Bonchev–Trinajstić information content (AvgIpc) is 2.92. The third-order valence-corrected chi connectivity index (χ3v) is 3.97. The molecule has 3 rings (SSSR count). The average molecular weight is 336 g/mol. The van der Waals surface area contributed by atoms with Gasteiger partial charge in [0.1, 0.15) is 18.1 Å². The molecule has 0 bridgehead atoms. The molecule has 1 N–H and O–H groups in total. The van der Waals surface area contributed by atoms with Crippen molar-refractivity contribution in [3.05, 3.63) is 76.7 Å². The van der Waals surface area contributed by atoms with Crippen LogP contribution >= 0.6 is 0 Å². The molecule has 0 aliphatic rings. The second-order valence-electron chi connectivity index (χ2n) is 5.91. The van der Waals surface area contributed by atoms with Crippen molar-refractivity contribution in [3.63, 3.8) is 0 Å². The molecule has 0 fully saturated rings. The number of rotatable bonds is 5. The largest absolute Gasteiger partial charge is 0.488 e. The highest BCUT2D eigenvalue weighted by molar-refractivity contribution is 6.06. The first kappa shape index (κ1) is 16.8. The van der Waals surface area contributed by atoms with Gasteiger partial charge in [0.15, 0.2) is 0 Å². The second kappa shape index (κ2) is 7.21. The van der Waals surface area contributed by atoms with Crippen LogP contribution in [0.1, 0.15) is 32.9 Å². The normalized spacial score (nSPS) is 10.5. The minimum absolute atomic E-state index is 0.208. The maximum absolute atomic E-state index is 12.6. The van der Waals surface area contributed by atoms with E-state index >= 15 is 0 Å². The number of amides is 1. The number of ether oxygens (including phenoxy) is 1. The van der Waals surface area contributed by atoms with Crippen LogP contribution in [0.5, 0.6) is 5.75 Å². The molecule has 128 valence electrons. The van der Waals surface area contributed by atoms with Crippen molar-refractivity contribution < 1.29 is 14.1 Å². The molecular weight excluding hydrogens is 316 g/mol. The van der Waals surface area contributed by atoms with E-state index in [-0.39, 0.29) is 5.91 Å². The van der Waals surface area contributed by atoms with Gasteiger partial charge in [-0.3, -0.25) is 4.79 Å². The zero-order valence-corrected chi connectivity index (χ0v) is 14.5.